The zero-order chi connectivity index (χ0) is 18.8. The van der Waals surface area contributed by atoms with Crippen molar-refractivity contribution in [3.05, 3.63) is 44.9 Å². The van der Waals surface area contributed by atoms with Crippen molar-refractivity contribution in [1.29, 1.82) is 0 Å². The Kier molecular flexibility index (Phi) is 5.48. The molecule has 27 heavy (non-hydrogen) atoms. The molecule has 1 aromatic rings. The van der Waals surface area contributed by atoms with E-state index in [1.165, 1.54) is 12.8 Å². The fourth-order valence-electron chi connectivity index (χ4n) is 4.57. The van der Waals surface area contributed by atoms with Crippen LogP contribution in [0, 0.1) is 0 Å². The Labute approximate surface area is 164 Å². The Balaban J connectivity index is 1.67. The van der Waals surface area contributed by atoms with E-state index < -0.39 is 0 Å². The van der Waals surface area contributed by atoms with Gasteiger partial charge >= 0.3 is 5.97 Å². The molecule has 0 spiro atoms. The highest BCUT2D eigenvalue weighted by Crippen LogP contribution is 2.44. The molecule has 0 radical (unpaired) electrons. The smallest absolute Gasteiger partial charge is 0.337 e. The lowest BCUT2D eigenvalue weighted by Gasteiger charge is -2.34. The Morgan fingerprint density at radius 3 is 2.63 bits per heavy atom. The number of dihydropyridines is 1. The van der Waals surface area contributed by atoms with Crippen molar-refractivity contribution >= 4 is 23.1 Å². The van der Waals surface area contributed by atoms with Crippen LogP contribution in [0.3, 0.4) is 0 Å². The van der Waals surface area contributed by atoms with E-state index in [-0.39, 0.29) is 23.8 Å². The van der Waals surface area contributed by atoms with E-state index in [1.54, 1.807) is 11.3 Å². The average molecular weight is 386 g/mol. The van der Waals surface area contributed by atoms with Crippen LogP contribution < -0.4 is 5.32 Å². The summed E-state index contributed by atoms with van der Waals surface area (Å²) >= 11 is 1.60. The van der Waals surface area contributed by atoms with Crippen LogP contribution in [-0.2, 0) is 14.3 Å². The first-order valence-corrected chi connectivity index (χ1v) is 11.0. The second-order valence-corrected chi connectivity index (χ2v) is 8.78. The number of thiophene rings is 1. The fourth-order valence-corrected chi connectivity index (χ4v) is 5.41. The average Bonchev–Trinajstić information content (AvgIpc) is 3.06. The Bertz CT molecular complexity index is 782. The quantitative estimate of drug-likeness (QED) is 0.589. The summed E-state index contributed by atoms with van der Waals surface area (Å²) in [4.78, 5) is 27.1. The van der Waals surface area contributed by atoms with Gasteiger partial charge < -0.3 is 10.1 Å². The molecule has 0 aromatic carbocycles. The minimum atomic E-state index is -0.285. The Morgan fingerprint density at radius 2 is 1.93 bits per heavy atom. The van der Waals surface area contributed by atoms with Crippen molar-refractivity contribution in [3.8, 4) is 0 Å². The largest absolute Gasteiger partial charge is 0.459 e. The molecule has 1 fully saturated rings. The molecule has 1 aromatic heterocycles. The van der Waals surface area contributed by atoms with E-state index in [9.17, 15) is 9.59 Å². The number of ketones is 1. The van der Waals surface area contributed by atoms with Crippen LogP contribution in [0.5, 0.6) is 0 Å². The molecule has 0 saturated heterocycles. The minimum Gasteiger partial charge on any atom is -0.459 e. The van der Waals surface area contributed by atoms with Crippen molar-refractivity contribution in [2.45, 2.75) is 76.7 Å². The van der Waals surface area contributed by atoms with Gasteiger partial charge in [0.15, 0.2) is 5.78 Å². The monoisotopic (exact) mass is 385 g/mol. The molecule has 5 heteroatoms. The zero-order valence-corrected chi connectivity index (χ0v) is 16.7. The normalized spacial score (nSPS) is 24.3. The molecular weight excluding hydrogens is 358 g/mol. The van der Waals surface area contributed by atoms with Gasteiger partial charge in [-0.05, 0) is 56.9 Å². The first kappa shape index (κ1) is 18.5. The van der Waals surface area contributed by atoms with Crippen molar-refractivity contribution in [1.82, 2.24) is 5.32 Å². The Hall–Kier alpha value is -1.88. The van der Waals surface area contributed by atoms with E-state index in [0.717, 1.165) is 60.4 Å². The molecule has 1 saturated carbocycles. The predicted octanol–water partition coefficient (Wildman–Crippen LogP) is 4.98. The van der Waals surface area contributed by atoms with Gasteiger partial charge in [0, 0.05) is 28.3 Å². The van der Waals surface area contributed by atoms with Crippen LogP contribution in [0.15, 0.2) is 40.1 Å². The van der Waals surface area contributed by atoms with Gasteiger partial charge in [0.05, 0.1) is 11.5 Å². The highest BCUT2D eigenvalue weighted by Gasteiger charge is 2.40. The lowest BCUT2D eigenvalue weighted by atomic mass is 9.78. The van der Waals surface area contributed by atoms with Gasteiger partial charge in [0.1, 0.15) is 6.10 Å². The van der Waals surface area contributed by atoms with E-state index >= 15 is 0 Å². The number of Topliss-reactive ketones (excluding diaryl/α,β-unsaturated/α-hetero) is 1. The summed E-state index contributed by atoms with van der Waals surface area (Å²) < 4.78 is 5.96. The van der Waals surface area contributed by atoms with Crippen LogP contribution in [0.4, 0.5) is 0 Å². The summed E-state index contributed by atoms with van der Waals surface area (Å²) in [6, 6.07) is 4.01. The third kappa shape index (κ3) is 3.75. The number of nitrogens with one attached hydrogen (secondary N) is 1. The van der Waals surface area contributed by atoms with Gasteiger partial charge in [0.25, 0.3) is 0 Å². The number of ether oxygens (including phenoxy) is 1. The fraction of sp³-hybridized carbons (Fsp3) is 0.545. The predicted molar refractivity (Wildman–Crippen MR) is 106 cm³/mol. The molecule has 0 bridgehead atoms. The zero-order valence-electron chi connectivity index (χ0n) is 15.9. The summed E-state index contributed by atoms with van der Waals surface area (Å²) in [6.45, 7) is 1.94. The number of rotatable bonds is 3. The van der Waals surface area contributed by atoms with Crippen LogP contribution in [-0.4, -0.2) is 17.9 Å². The molecule has 1 N–H and O–H groups in total. The number of carbonyl (C=O) groups is 2. The van der Waals surface area contributed by atoms with Crippen molar-refractivity contribution in [2.24, 2.45) is 0 Å². The van der Waals surface area contributed by atoms with Gasteiger partial charge in [-0.2, -0.15) is 0 Å². The van der Waals surface area contributed by atoms with Crippen LogP contribution in [0.2, 0.25) is 0 Å². The molecular formula is C22H27NO3S. The van der Waals surface area contributed by atoms with Crippen LogP contribution >= 0.6 is 11.3 Å². The second kappa shape index (κ2) is 8.01. The minimum absolute atomic E-state index is 0.00159. The van der Waals surface area contributed by atoms with Crippen molar-refractivity contribution in [2.75, 3.05) is 0 Å². The summed E-state index contributed by atoms with van der Waals surface area (Å²) in [5, 5.41) is 5.37. The van der Waals surface area contributed by atoms with Gasteiger partial charge in [0.2, 0.25) is 0 Å². The lowest BCUT2D eigenvalue weighted by Crippen LogP contribution is -2.35. The third-order valence-electron chi connectivity index (χ3n) is 5.90. The maximum atomic E-state index is 13.2. The molecule has 4 rings (SSSR count). The van der Waals surface area contributed by atoms with Crippen molar-refractivity contribution < 1.29 is 14.3 Å². The van der Waals surface area contributed by atoms with Crippen LogP contribution in [0.25, 0.3) is 0 Å². The van der Waals surface area contributed by atoms with E-state index in [4.69, 9.17) is 4.74 Å². The number of esters is 1. The first-order chi connectivity index (χ1) is 13.1. The summed E-state index contributed by atoms with van der Waals surface area (Å²) in [5.41, 5.74) is 3.23. The van der Waals surface area contributed by atoms with E-state index in [1.807, 2.05) is 24.4 Å². The maximum absolute atomic E-state index is 13.2. The van der Waals surface area contributed by atoms with Gasteiger partial charge in [-0.25, -0.2) is 4.79 Å². The third-order valence-corrected chi connectivity index (χ3v) is 6.84. The Morgan fingerprint density at radius 1 is 1.15 bits per heavy atom. The highest BCUT2D eigenvalue weighted by atomic mass is 32.1. The molecule has 144 valence electrons. The number of allylic oxidation sites excluding steroid dienone is 3. The van der Waals surface area contributed by atoms with E-state index in [2.05, 4.69) is 5.32 Å². The molecule has 1 aliphatic heterocycles. The van der Waals surface area contributed by atoms with Crippen LogP contribution in [0.1, 0.15) is 75.5 Å². The number of hydrogen-bond donors (Lipinski definition) is 1. The van der Waals surface area contributed by atoms with Gasteiger partial charge in [-0.15, -0.1) is 11.3 Å². The van der Waals surface area contributed by atoms with Crippen molar-refractivity contribution in [3.63, 3.8) is 0 Å². The summed E-state index contributed by atoms with van der Waals surface area (Å²) in [5.74, 6) is -0.378. The molecule has 3 aliphatic rings. The summed E-state index contributed by atoms with van der Waals surface area (Å²) in [6.07, 6.45) is 8.88. The van der Waals surface area contributed by atoms with E-state index in [0.29, 0.717) is 12.0 Å². The standard InChI is InChI=1S/C22H27NO3S/c1-14-19(22(25)26-15-8-4-2-3-5-9-15)21(18-12-7-13-27-18)20-16(23-14)10-6-11-17(20)24/h7,12-13,15,21,23H,2-6,8-11H2,1H3/t21-/m1/s1. The molecule has 2 aliphatic carbocycles. The first-order valence-electron chi connectivity index (χ1n) is 10.1. The summed E-state index contributed by atoms with van der Waals surface area (Å²) in [7, 11) is 0. The van der Waals surface area contributed by atoms with Gasteiger partial charge in [-0.3, -0.25) is 4.79 Å². The SMILES string of the molecule is CC1=C(C(=O)OC2CCCCCC2)[C@@H](c2cccs2)C2=C(CCCC2=O)N1. The molecule has 4 nitrogen and oxygen atoms in total. The lowest BCUT2D eigenvalue weighted by molar-refractivity contribution is -0.145. The number of hydrogen-bond acceptors (Lipinski definition) is 5. The number of carbonyl (C=O) groups excluding carboxylic acids is 2. The topological polar surface area (TPSA) is 55.4 Å². The molecule has 0 amide bonds. The molecule has 0 unspecified atom stereocenters. The molecule has 2 heterocycles. The second-order valence-electron chi connectivity index (χ2n) is 7.80. The molecule has 1 atom stereocenters. The van der Waals surface area contributed by atoms with Gasteiger partial charge in [-0.1, -0.05) is 18.9 Å². The highest BCUT2D eigenvalue weighted by molar-refractivity contribution is 7.10. The maximum Gasteiger partial charge on any atom is 0.337 e.